The van der Waals surface area contributed by atoms with Gasteiger partial charge in [0.25, 0.3) is 5.91 Å². The number of nitrogens with zero attached hydrogens (tertiary/aromatic N) is 1. The van der Waals surface area contributed by atoms with Crippen molar-refractivity contribution in [3.05, 3.63) is 95.8 Å². The summed E-state index contributed by atoms with van der Waals surface area (Å²) in [6, 6.07) is 20.8. The van der Waals surface area contributed by atoms with E-state index in [1.807, 2.05) is 30.3 Å². The Hall–Kier alpha value is -3.67. The van der Waals surface area contributed by atoms with Crippen molar-refractivity contribution in [1.29, 1.82) is 0 Å². The number of carbonyl (C=O) groups excluding carboxylic acids is 1. The van der Waals surface area contributed by atoms with Gasteiger partial charge in [0.05, 0.1) is 0 Å². The summed E-state index contributed by atoms with van der Waals surface area (Å²) in [5, 5.41) is 11.9. The van der Waals surface area contributed by atoms with Gasteiger partial charge in [-0.2, -0.15) is 0 Å². The first-order valence-corrected chi connectivity index (χ1v) is 8.82. The van der Waals surface area contributed by atoms with Gasteiger partial charge >= 0.3 is 5.97 Å². The number of ether oxygens (including phenoxy) is 1. The molecule has 0 fully saturated rings. The Morgan fingerprint density at radius 2 is 1.64 bits per heavy atom. The summed E-state index contributed by atoms with van der Waals surface area (Å²) < 4.78 is 5.73. The standard InChI is InChI=1S/C22H20N2O4/c25-21(19-8-4-5-13-23-19)24-20(22(26)27)14-16-9-11-18(12-10-16)28-15-17-6-2-1-3-7-17/h1-13,20H,14-15H2,(H,24,25)(H,26,27)/t20-/m0/s1. The van der Waals surface area contributed by atoms with Crippen LogP contribution in [0.2, 0.25) is 0 Å². The topological polar surface area (TPSA) is 88.5 Å². The van der Waals surface area contributed by atoms with Crippen LogP contribution in [0.15, 0.2) is 79.0 Å². The third-order valence-corrected chi connectivity index (χ3v) is 4.11. The summed E-state index contributed by atoms with van der Waals surface area (Å²) >= 11 is 0. The van der Waals surface area contributed by atoms with E-state index in [4.69, 9.17) is 4.74 Å². The molecule has 0 bridgehead atoms. The van der Waals surface area contributed by atoms with E-state index < -0.39 is 17.9 Å². The molecule has 0 saturated heterocycles. The zero-order valence-corrected chi connectivity index (χ0v) is 15.1. The molecular weight excluding hydrogens is 356 g/mol. The van der Waals surface area contributed by atoms with Crippen molar-refractivity contribution in [2.45, 2.75) is 19.1 Å². The summed E-state index contributed by atoms with van der Waals surface area (Å²) in [6.45, 7) is 0.456. The highest BCUT2D eigenvalue weighted by Gasteiger charge is 2.21. The van der Waals surface area contributed by atoms with E-state index in [-0.39, 0.29) is 12.1 Å². The summed E-state index contributed by atoms with van der Waals surface area (Å²) in [6.07, 6.45) is 1.64. The molecule has 0 radical (unpaired) electrons. The van der Waals surface area contributed by atoms with E-state index in [1.54, 1.807) is 36.4 Å². The minimum Gasteiger partial charge on any atom is -0.489 e. The average molecular weight is 376 g/mol. The van der Waals surface area contributed by atoms with E-state index >= 15 is 0 Å². The third-order valence-electron chi connectivity index (χ3n) is 4.11. The van der Waals surface area contributed by atoms with Crippen LogP contribution >= 0.6 is 0 Å². The quantitative estimate of drug-likeness (QED) is 0.631. The molecule has 1 heterocycles. The molecular formula is C22H20N2O4. The highest BCUT2D eigenvalue weighted by molar-refractivity contribution is 5.94. The number of aliphatic carboxylic acids is 1. The van der Waals surface area contributed by atoms with Gasteiger partial charge in [0, 0.05) is 12.6 Å². The zero-order chi connectivity index (χ0) is 19.8. The van der Waals surface area contributed by atoms with Gasteiger partial charge in [0.2, 0.25) is 0 Å². The lowest BCUT2D eigenvalue weighted by Crippen LogP contribution is -2.42. The van der Waals surface area contributed by atoms with Gasteiger partial charge in [-0.3, -0.25) is 9.78 Å². The molecule has 1 amide bonds. The van der Waals surface area contributed by atoms with Crippen molar-refractivity contribution in [3.63, 3.8) is 0 Å². The number of hydrogen-bond acceptors (Lipinski definition) is 4. The molecule has 6 heteroatoms. The van der Waals surface area contributed by atoms with Crippen LogP contribution in [0.25, 0.3) is 0 Å². The van der Waals surface area contributed by atoms with Gasteiger partial charge < -0.3 is 15.2 Å². The van der Waals surface area contributed by atoms with E-state index in [2.05, 4.69) is 10.3 Å². The Kier molecular flexibility index (Phi) is 6.36. The van der Waals surface area contributed by atoms with Gasteiger partial charge in [0.1, 0.15) is 24.1 Å². The van der Waals surface area contributed by atoms with Crippen LogP contribution in [0.3, 0.4) is 0 Å². The maximum atomic E-state index is 12.2. The summed E-state index contributed by atoms with van der Waals surface area (Å²) in [7, 11) is 0. The minimum atomic E-state index is -1.10. The fourth-order valence-electron chi connectivity index (χ4n) is 2.63. The fraction of sp³-hybridized carbons (Fsp3) is 0.136. The molecule has 2 N–H and O–H groups in total. The molecule has 1 atom stereocenters. The molecule has 2 aromatic carbocycles. The highest BCUT2D eigenvalue weighted by atomic mass is 16.5. The number of carbonyl (C=O) groups is 2. The van der Waals surface area contributed by atoms with Gasteiger partial charge in [-0.05, 0) is 35.4 Å². The number of pyridine rings is 1. The average Bonchev–Trinajstić information content (AvgIpc) is 2.74. The van der Waals surface area contributed by atoms with Crippen LogP contribution < -0.4 is 10.1 Å². The number of carboxylic acid groups (broad SMARTS) is 1. The summed E-state index contributed by atoms with van der Waals surface area (Å²) in [4.78, 5) is 27.6. The first-order chi connectivity index (χ1) is 13.6. The molecule has 0 aliphatic carbocycles. The number of hydrogen-bond donors (Lipinski definition) is 2. The van der Waals surface area contributed by atoms with Gasteiger partial charge in [-0.15, -0.1) is 0 Å². The minimum absolute atomic E-state index is 0.160. The van der Waals surface area contributed by atoms with Crippen LogP contribution in [0.1, 0.15) is 21.6 Å². The molecule has 3 rings (SSSR count). The van der Waals surface area contributed by atoms with Crippen molar-refractivity contribution < 1.29 is 19.4 Å². The van der Waals surface area contributed by atoms with E-state index in [9.17, 15) is 14.7 Å². The van der Waals surface area contributed by atoms with Crippen LogP contribution in [0, 0.1) is 0 Å². The molecule has 1 aromatic heterocycles. The van der Waals surface area contributed by atoms with Gasteiger partial charge in [0.15, 0.2) is 0 Å². The second-order valence-electron chi connectivity index (χ2n) is 6.20. The highest BCUT2D eigenvalue weighted by Crippen LogP contribution is 2.15. The fourth-order valence-corrected chi connectivity index (χ4v) is 2.63. The number of rotatable bonds is 8. The second kappa shape index (κ2) is 9.32. The summed E-state index contributed by atoms with van der Waals surface area (Å²) in [5.74, 6) is -0.929. The third kappa shape index (κ3) is 5.41. The molecule has 3 aromatic rings. The van der Waals surface area contributed by atoms with Crippen LogP contribution in [-0.4, -0.2) is 28.0 Å². The number of carboxylic acids is 1. The molecule has 0 saturated carbocycles. The number of amides is 1. The molecule has 28 heavy (non-hydrogen) atoms. The van der Waals surface area contributed by atoms with Crippen LogP contribution in [0.5, 0.6) is 5.75 Å². The number of nitrogens with one attached hydrogen (secondary N) is 1. The monoisotopic (exact) mass is 376 g/mol. The Morgan fingerprint density at radius 3 is 2.29 bits per heavy atom. The lowest BCUT2D eigenvalue weighted by Gasteiger charge is -2.15. The van der Waals surface area contributed by atoms with Crippen molar-refractivity contribution >= 4 is 11.9 Å². The first-order valence-electron chi connectivity index (χ1n) is 8.82. The van der Waals surface area contributed by atoms with Crippen molar-refractivity contribution in [2.24, 2.45) is 0 Å². The largest absolute Gasteiger partial charge is 0.489 e. The van der Waals surface area contributed by atoms with Crippen LogP contribution in [-0.2, 0) is 17.8 Å². The maximum absolute atomic E-state index is 12.2. The molecule has 0 spiro atoms. The first kappa shape index (κ1) is 19.1. The normalized spacial score (nSPS) is 11.4. The van der Waals surface area contributed by atoms with Gasteiger partial charge in [-0.25, -0.2) is 4.79 Å². The van der Waals surface area contributed by atoms with E-state index in [0.29, 0.717) is 12.4 Å². The molecule has 6 nitrogen and oxygen atoms in total. The Labute approximate surface area is 162 Å². The Balaban J connectivity index is 1.59. The molecule has 0 unspecified atom stereocenters. The lowest BCUT2D eigenvalue weighted by molar-refractivity contribution is -0.139. The Bertz CT molecular complexity index is 912. The second-order valence-corrected chi connectivity index (χ2v) is 6.20. The van der Waals surface area contributed by atoms with E-state index in [1.165, 1.54) is 12.3 Å². The van der Waals surface area contributed by atoms with Crippen molar-refractivity contribution in [3.8, 4) is 5.75 Å². The molecule has 0 aliphatic rings. The van der Waals surface area contributed by atoms with Gasteiger partial charge in [-0.1, -0.05) is 48.5 Å². The zero-order valence-electron chi connectivity index (χ0n) is 15.1. The van der Waals surface area contributed by atoms with Crippen molar-refractivity contribution in [2.75, 3.05) is 0 Å². The van der Waals surface area contributed by atoms with E-state index in [0.717, 1.165) is 11.1 Å². The Morgan fingerprint density at radius 1 is 0.929 bits per heavy atom. The lowest BCUT2D eigenvalue weighted by atomic mass is 10.1. The molecule has 142 valence electrons. The predicted octanol–water partition coefficient (Wildman–Crippen LogP) is 3.09. The molecule has 0 aliphatic heterocycles. The van der Waals surface area contributed by atoms with Crippen molar-refractivity contribution in [1.82, 2.24) is 10.3 Å². The SMILES string of the molecule is O=C(N[C@@H](Cc1ccc(OCc2ccccc2)cc1)C(=O)O)c1ccccn1. The number of aromatic nitrogens is 1. The summed E-state index contributed by atoms with van der Waals surface area (Å²) in [5.41, 5.74) is 2.02. The smallest absolute Gasteiger partial charge is 0.326 e. The predicted molar refractivity (Wildman–Crippen MR) is 104 cm³/mol. The number of benzene rings is 2. The maximum Gasteiger partial charge on any atom is 0.326 e. The van der Waals surface area contributed by atoms with Crippen LogP contribution in [0.4, 0.5) is 0 Å².